The lowest BCUT2D eigenvalue weighted by atomic mass is 10.1. The Morgan fingerprint density at radius 1 is 1.15 bits per heavy atom. The summed E-state index contributed by atoms with van der Waals surface area (Å²) in [7, 11) is -0.0220. The van der Waals surface area contributed by atoms with Crippen molar-refractivity contribution in [3.63, 3.8) is 0 Å². The molecule has 0 radical (unpaired) electrons. The Kier molecular flexibility index (Phi) is 7.11. The third-order valence-electron chi connectivity index (χ3n) is 5.95. The summed E-state index contributed by atoms with van der Waals surface area (Å²) < 4.78 is 27.6. The van der Waals surface area contributed by atoms with E-state index < -0.39 is 9.84 Å². The fourth-order valence-corrected chi connectivity index (χ4v) is 6.21. The van der Waals surface area contributed by atoms with Gasteiger partial charge in [0, 0.05) is 49.7 Å². The summed E-state index contributed by atoms with van der Waals surface area (Å²) >= 11 is 7.50. The Labute approximate surface area is 207 Å². The van der Waals surface area contributed by atoms with E-state index >= 15 is 0 Å². The lowest BCUT2D eigenvalue weighted by Gasteiger charge is -2.34. The van der Waals surface area contributed by atoms with Gasteiger partial charge in [0.25, 0.3) is 0 Å². The second-order valence-electron chi connectivity index (χ2n) is 8.14. The van der Waals surface area contributed by atoms with E-state index in [9.17, 15) is 18.0 Å². The molecular weight excluding hydrogens is 496 g/mol. The number of carbonyl (C=O) groups is 2. The molecule has 0 saturated carbocycles. The van der Waals surface area contributed by atoms with Gasteiger partial charge in [0.2, 0.25) is 11.8 Å². The molecule has 0 aliphatic carbocycles. The third-order valence-corrected chi connectivity index (χ3v) is 8.96. The van der Waals surface area contributed by atoms with E-state index in [1.807, 2.05) is 17.0 Å². The van der Waals surface area contributed by atoms with Gasteiger partial charge < -0.3 is 14.4 Å². The second kappa shape index (κ2) is 9.89. The molecular formula is C23H25ClN4O4S2. The third kappa shape index (κ3) is 5.18. The lowest BCUT2D eigenvalue weighted by Crippen LogP contribution is -2.52. The molecule has 8 nitrogen and oxygen atoms in total. The predicted octanol–water partition coefficient (Wildman–Crippen LogP) is 2.46. The molecule has 4 rings (SSSR count). The first-order chi connectivity index (χ1) is 16.2. The molecule has 2 heterocycles. The van der Waals surface area contributed by atoms with Gasteiger partial charge in [-0.05, 0) is 35.0 Å². The number of rotatable bonds is 6. The first kappa shape index (κ1) is 24.4. The van der Waals surface area contributed by atoms with Crippen LogP contribution in [0.15, 0.2) is 51.7 Å². The molecule has 2 aromatic carbocycles. The second-order valence-corrected chi connectivity index (χ2v) is 11.5. The van der Waals surface area contributed by atoms with Crippen LogP contribution in [0.2, 0.25) is 5.02 Å². The van der Waals surface area contributed by atoms with Crippen molar-refractivity contribution in [2.75, 3.05) is 32.4 Å². The first-order valence-corrected chi connectivity index (χ1v) is 13.6. The highest BCUT2D eigenvalue weighted by Gasteiger charge is 2.28. The van der Waals surface area contributed by atoms with E-state index in [1.165, 1.54) is 22.3 Å². The van der Waals surface area contributed by atoms with Gasteiger partial charge in [-0.15, -0.1) is 11.3 Å². The summed E-state index contributed by atoms with van der Waals surface area (Å²) in [6, 6.07) is 10.1. The van der Waals surface area contributed by atoms with Crippen molar-refractivity contribution in [2.24, 2.45) is 12.0 Å². The fourth-order valence-electron chi connectivity index (χ4n) is 3.92. The summed E-state index contributed by atoms with van der Waals surface area (Å²) in [6.07, 6.45) is -0.172. The number of aromatic nitrogens is 1. The predicted molar refractivity (Wildman–Crippen MR) is 132 cm³/mol. The van der Waals surface area contributed by atoms with Crippen LogP contribution in [0, 0.1) is 0 Å². The van der Waals surface area contributed by atoms with Crippen LogP contribution in [-0.2, 0) is 33.0 Å². The highest BCUT2D eigenvalue weighted by atomic mass is 35.5. The van der Waals surface area contributed by atoms with Crippen molar-refractivity contribution in [3.8, 4) is 0 Å². The number of benzene rings is 2. The van der Waals surface area contributed by atoms with E-state index in [4.69, 9.17) is 11.6 Å². The summed E-state index contributed by atoms with van der Waals surface area (Å²) in [5.41, 5.74) is 0.975. The van der Waals surface area contributed by atoms with Crippen molar-refractivity contribution in [3.05, 3.63) is 57.3 Å². The molecule has 1 aromatic heterocycles. The Morgan fingerprint density at radius 2 is 1.88 bits per heavy atom. The van der Waals surface area contributed by atoms with E-state index in [0.717, 1.165) is 21.3 Å². The van der Waals surface area contributed by atoms with Crippen LogP contribution in [0.3, 0.4) is 0 Å². The normalized spacial score (nSPS) is 15.4. The van der Waals surface area contributed by atoms with Gasteiger partial charge in [0.15, 0.2) is 14.6 Å². The number of piperazine rings is 1. The lowest BCUT2D eigenvalue weighted by molar-refractivity contribution is -0.145. The Bertz CT molecular complexity index is 1430. The van der Waals surface area contributed by atoms with Crippen molar-refractivity contribution >= 4 is 55.4 Å². The van der Waals surface area contributed by atoms with Crippen LogP contribution < -0.4 is 4.80 Å². The average molecular weight is 521 g/mol. The van der Waals surface area contributed by atoms with Gasteiger partial charge in [-0.1, -0.05) is 23.7 Å². The van der Waals surface area contributed by atoms with Crippen LogP contribution in [0.4, 0.5) is 0 Å². The number of amides is 2. The molecule has 1 aliphatic heterocycles. The summed E-state index contributed by atoms with van der Waals surface area (Å²) in [4.78, 5) is 33.7. The topological polar surface area (TPSA) is 92.1 Å². The van der Waals surface area contributed by atoms with E-state index in [0.29, 0.717) is 24.7 Å². The van der Waals surface area contributed by atoms with Crippen LogP contribution in [0.1, 0.15) is 12.1 Å². The molecule has 180 valence electrons. The van der Waals surface area contributed by atoms with Crippen molar-refractivity contribution in [1.29, 1.82) is 0 Å². The number of nitrogens with zero attached hydrogens (tertiary/aromatic N) is 4. The Balaban J connectivity index is 1.35. The Morgan fingerprint density at radius 3 is 2.59 bits per heavy atom. The van der Waals surface area contributed by atoms with E-state index in [-0.39, 0.29) is 35.4 Å². The molecule has 0 spiro atoms. The van der Waals surface area contributed by atoms with Crippen LogP contribution in [-0.4, -0.2) is 67.0 Å². The largest absolute Gasteiger partial charge is 0.334 e. The molecule has 0 unspecified atom stereocenters. The SMILES string of the molecule is C/N=c1\scc(CN2CCN(C(=O)CCS(=O)(=O)c3ccc4cc(Cl)ccc4c3)CC2=O)n1C. The maximum absolute atomic E-state index is 12.8. The maximum atomic E-state index is 12.8. The minimum atomic E-state index is -3.65. The van der Waals surface area contributed by atoms with Crippen LogP contribution >= 0.6 is 22.9 Å². The molecule has 3 aromatic rings. The minimum Gasteiger partial charge on any atom is -0.334 e. The molecule has 2 amide bonds. The average Bonchev–Trinajstić information content (AvgIpc) is 3.17. The zero-order valence-electron chi connectivity index (χ0n) is 18.9. The molecule has 1 saturated heterocycles. The molecule has 0 atom stereocenters. The minimum absolute atomic E-state index is 0.0471. The molecule has 1 aliphatic rings. The zero-order valence-corrected chi connectivity index (χ0v) is 21.3. The summed E-state index contributed by atoms with van der Waals surface area (Å²) in [5.74, 6) is -0.804. The highest BCUT2D eigenvalue weighted by Crippen LogP contribution is 2.23. The monoisotopic (exact) mass is 520 g/mol. The maximum Gasteiger partial charge on any atom is 0.242 e. The number of carbonyl (C=O) groups excluding carboxylic acids is 2. The van der Waals surface area contributed by atoms with Crippen molar-refractivity contribution in [2.45, 2.75) is 17.9 Å². The smallest absolute Gasteiger partial charge is 0.242 e. The quantitative estimate of drug-likeness (QED) is 0.499. The van der Waals surface area contributed by atoms with E-state index in [2.05, 4.69) is 4.99 Å². The molecule has 0 bridgehead atoms. The summed E-state index contributed by atoms with van der Waals surface area (Å²) in [6.45, 7) is 1.18. The highest BCUT2D eigenvalue weighted by molar-refractivity contribution is 7.91. The number of fused-ring (bicyclic) bond motifs is 1. The number of hydrogen-bond acceptors (Lipinski definition) is 6. The van der Waals surface area contributed by atoms with Gasteiger partial charge in [0.1, 0.15) is 0 Å². The number of halogens is 1. The van der Waals surface area contributed by atoms with E-state index in [1.54, 1.807) is 42.3 Å². The van der Waals surface area contributed by atoms with Crippen LogP contribution in [0.25, 0.3) is 10.8 Å². The molecule has 11 heteroatoms. The number of hydrogen-bond donors (Lipinski definition) is 0. The van der Waals surface area contributed by atoms with Crippen molar-refractivity contribution < 1.29 is 18.0 Å². The standard InChI is InChI=1S/C23H25ClN4O4S2/c1-25-23-26(2)19(15-33-23)13-27-8-9-28(14-22(27)30)21(29)7-10-34(31,32)20-6-4-16-11-18(24)5-3-17(16)12-20/h3-6,11-12,15H,7-10,13-14H2,1-2H3/b25-23-. The van der Waals surface area contributed by atoms with Gasteiger partial charge in [-0.2, -0.15) is 0 Å². The Hall–Kier alpha value is -2.69. The first-order valence-electron chi connectivity index (χ1n) is 10.7. The van der Waals surface area contributed by atoms with Gasteiger partial charge in [0.05, 0.1) is 23.7 Å². The fraction of sp³-hybridized carbons (Fsp3) is 0.348. The number of thiazole rings is 1. The zero-order chi connectivity index (χ0) is 24.5. The molecule has 34 heavy (non-hydrogen) atoms. The molecule has 0 N–H and O–H groups in total. The van der Waals surface area contributed by atoms with Crippen molar-refractivity contribution in [1.82, 2.24) is 14.4 Å². The van der Waals surface area contributed by atoms with Gasteiger partial charge in [-0.25, -0.2) is 8.42 Å². The van der Waals surface area contributed by atoms with Crippen LogP contribution in [0.5, 0.6) is 0 Å². The van der Waals surface area contributed by atoms with Gasteiger partial charge >= 0.3 is 0 Å². The summed E-state index contributed by atoms with van der Waals surface area (Å²) in [5, 5.41) is 4.15. The number of sulfone groups is 1. The van der Waals surface area contributed by atoms with Gasteiger partial charge in [-0.3, -0.25) is 14.6 Å². The molecule has 1 fully saturated rings.